The highest BCUT2D eigenvalue weighted by Gasteiger charge is 2.16. The Labute approximate surface area is 102 Å². The van der Waals surface area contributed by atoms with E-state index in [1.807, 2.05) is 6.07 Å². The number of nitrogens with two attached hydrogens (primary N) is 1. The van der Waals surface area contributed by atoms with Gasteiger partial charge < -0.3 is 15.6 Å². The second-order valence-electron chi connectivity index (χ2n) is 4.56. The lowest BCUT2D eigenvalue weighted by Crippen LogP contribution is -2.33. The van der Waals surface area contributed by atoms with E-state index >= 15 is 0 Å². The highest BCUT2D eigenvalue weighted by molar-refractivity contribution is 5.45. The SMILES string of the molecule is CN1CCC(CNc2cc(NN)ncn2)CC1. The minimum Gasteiger partial charge on any atom is -0.370 e. The quantitative estimate of drug-likeness (QED) is 0.522. The Hall–Kier alpha value is -1.40. The fourth-order valence-electron chi connectivity index (χ4n) is 2.05. The first-order valence-electron chi connectivity index (χ1n) is 5.99. The number of piperidine rings is 1. The van der Waals surface area contributed by atoms with Crippen molar-refractivity contribution in [1.82, 2.24) is 14.9 Å². The molecule has 0 radical (unpaired) electrons. The van der Waals surface area contributed by atoms with Gasteiger partial charge in [-0.05, 0) is 38.9 Å². The Morgan fingerprint density at radius 1 is 1.35 bits per heavy atom. The van der Waals surface area contributed by atoms with Crippen LogP contribution in [0.2, 0.25) is 0 Å². The molecule has 0 bridgehead atoms. The minimum absolute atomic E-state index is 0.630. The number of anilines is 2. The number of hydrazine groups is 1. The molecule has 94 valence electrons. The van der Waals surface area contributed by atoms with Gasteiger partial charge in [0.2, 0.25) is 0 Å². The van der Waals surface area contributed by atoms with Gasteiger partial charge in [0.1, 0.15) is 18.0 Å². The summed E-state index contributed by atoms with van der Waals surface area (Å²) >= 11 is 0. The molecule has 1 aromatic heterocycles. The molecule has 1 aliphatic heterocycles. The van der Waals surface area contributed by atoms with Gasteiger partial charge in [-0.2, -0.15) is 0 Å². The van der Waals surface area contributed by atoms with Crippen molar-refractivity contribution in [3.05, 3.63) is 12.4 Å². The van der Waals surface area contributed by atoms with Crippen molar-refractivity contribution in [1.29, 1.82) is 0 Å². The number of nitrogen functional groups attached to an aromatic ring is 1. The lowest BCUT2D eigenvalue weighted by molar-refractivity contribution is 0.226. The Morgan fingerprint density at radius 3 is 2.76 bits per heavy atom. The highest BCUT2D eigenvalue weighted by Crippen LogP contribution is 2.16. The molecule has 1 saturated heterocycles. The molecule has 0 spiro atoms. The molecule has 1 aliphatic rings. The second-order valence-corrected chi connectivity index (χ2v) is 4.56. The number of hydrogen-bond donors (Lipinski definition) is 3. The van der Waals surface area contributed by atoms with Crippen molar-refractivity contribution in [2.24, 2.45) is 11.8 Å². The van der Waals surface area contributed by atoms with Gasteiger partial charge in [-0.25, -0.2) is 15.8 Å². The predicted octanol–water partition coefficient (Wildman–Crippen LogP) is 0.516. The summed E-state index contributed by atoms with van der Waals surface area (Å²) in [7, 11) is 2.17. The first kappa shape index (κ1) is 12.1. The lowest BCUT2D eigenvalue weighted by Gasteiger charge is -2.29. The topological polar surface area (TPSA) is 79.1 Å². The van der Waals surface area contributed by atoms with Gasteiger partial charge in [0.15, 0.2) is 0 Å². The highest BCUT2D eigenvalue weighted by atomic mass is 15.3. The van der Waals surface area contributed by atoms with E-state index in [1.165, 1.54) is 32.3 Å². The van der Waals surface area contributed by atoms with Crippen LogP contribution in [0.4, 0.5) is 11.6 Å². The number of aromatic nitrogens is 2. The molecule has 2 rings (SSSR count). The third kappa shape index (κ3) is 3.54. The molecule has 0 unspecified atom stereocenters. The number of likely N-dealkylation sites (tertiary alicyclic amines) is 1. The van der Waals surface area contributed by atoms with Crippen molar-refractivity contribution in [3.8, 4) is 0 Å². The molecule has 1 fully saturated rings. The van der Waals surface area contributed by atoms with Crippen molar-refractivity contribution < 1.29 is 0 Å². The van der Waals surface area contributed by atoms with Crippen molar-refractivity contribution in [2.75, 3.05) is 37.4 Å². The van der Waals surface area contributed by atoms with E-state index in [0.29, 0.717) is 5.82 Å². The minimum atomic E-state index is 0.630. The van der Waals surface area contributed by atoms with Crippen LogP contribution in [0.1, 0.15) is 12.8 Å². The third-order valence-corrected chi connectivity index (χ3v) is 3.22. The fraction of sp³-hybridized carbons (Fsp3) is 0.636. The van der Waals surface area contributed by atoms with Crippen LogP contribution in [0.5, 0.6) is 0 Å². The van der Waals surface area contributed by atoms with Crippen LogP contribution in [0, 0.1) is 5.92 Å². The molecule has 0 aliphatic carbocycles. The van der Waals surface area contributed by atoms with E-state index in [-0.39, 0.29) is 0 Å². The van der Waals surface area contributed by atoms with Gasteiger partial charge in [0.25, 0.3) is 0 Å². The molecule has 0 amide bonds. The zero-order chi connectivity index (χ0) is 12.1. The molecule has 1 aromatic rings. The zero-order valence-corrected chi connectivity index (χ0v) is 10.2. The summed E-state index contributed by atoms with van der Waals surface area (Å²) in [5.74, 6) is 7.49. The van der Waals surface area contributed by atoms with Gasteiger partial charge in [0, 0.05) is 12.6 Å². The van der Waals surface area contributed by atoms with Crippen molar-refractivity contribution >= 4 is 11.6 Å². The number of rotatable bonds is 4. The number of hydrogen-bond acceptors (Lipinski definition) is 6. The smallest absolute Gasteiger partial charge is 0.145 e. The fourth-order valence-corrected chi connectivity index (χ4v) is 2.05. The first-order chi connectivity index (χ1) is 8.28. The summed E-state index contributed by atoms with van der Waals surface area (Å²) in [5.41, 5.74) is 2.51. The van der Waals surface area contributed by atoms with E-state index in [0.717, 1.165) is 18.3 Å². The predicted molar refractivity (Wildman–Crippen MR) is 68.6 cm³/mol. The third-order valence-electron chi connectivity index (χ3n) is 3.22. The van der Waals surface area contributed by atoms with Gasteiger partial charge in [-0.3, -0.25) is 0 Å². The molecular formula is C11H20N6. The molecule has 17 heavy (non-hydrogen) atoms. The maximum atomic E-state index is 5.30. The lowest BCUT2D eigenvalue weighted by atomic mass is 9.97. The van der Waals surface area contributed by atoms with Crippen LogP contribution in [0.15, 0.2) is 12.4 Å². The summed E-state index contributed by atoms with van der Waals surface area (Å²) in [6.07, 6.45) is 4.00. The number of nitrogens with zero attached hydrogens (tertiary/aromatic N) is 3. The Morgan fingerprint density at radius 2 is 2.06 bits per heavy atom. The standard InChI is InChI=1S/C11H20N6/c1-17-4-2-9(3-5-17)7-13-10-6-11(16-12)15-8-14-10/h6,8-9H,2-5,7,12H2,1H3,(H2,13,14,15,16). The molecule has 6 nitrogen and oxygen atoms in total. The molecule has 6 heteroatoms. The average molecular weight is 236 g/mol. The monoisotopic (exact) mass is 236 g/mol. The van der Waals surface area contributed by atoms with Crippen LogP contribution >= 0.6 is 0 Å². The van der Waals surface area contributed by atoms with Crippen LogP contribution in [0.3, 0.4) is 0 Å². The number of nitrogens with one attached hydrogen (secondary N) is 2. The van der Waals surface area contributed by atoms with E-state index in [2.05, 4.69) is 32.7 Å². The van der Waals surface area contributed by atoms with E-state index in [1.54, 1.807) is 0 Å². The maximum absolute atomic E-state index is 5.30. The first-order valence-corrected chi connectivity index (χ1v) is 5.99. The van der Waals surface area contributed by atoms with Crippen LogP contribution < -0.4 is 16.6 Å². The Bertz CT molecular complexity index is 348. The molecule has 0 atom stereocenters. The summed E-state index contributed by atoms with van der Waals surface area (Å²) in [5, 5.41) is 3.34. The van der Waals surface area contributed by atoms with Crippen molar-refractivity contribution in [2.45, 2.75) is 12.8 Å². The molecule has 4 N–H and O–H groups in total. The Balaban J connectivity index is 1.81. The molecule has 0 aromatic carbocycles. The van der Waals surface area contributed by atoms with E-state index < -0.39 is 0 Å². The van der Waals surface area contributed by atoms with Gasteiger partial charge in [-0.1, -0.05) is 0 Å². The normalized spacial score (nSPS) is 18.0. The molecule has 0 saturated carbocycles. The zero-order valence-electron chi connectivity index (χ0n) is 10.2. The van der Waals surface area contributed by atoms with Crippen LogP contribution in [0.25, 0.3) is 0 Å². The molecule has 2 heterocycles. The summed E-state index contributed by atoms with van der Waals surface area (Å²) in [6, 6.07) is 1.81. The summed E-state index contributed by atoms with van der Waals surface area (Å²) < 4.78 is 0. The van der Waals surface area contributed by atoms with Gasteiger partial charge >= 0.3 is 0 Å². The average Bonchev–Trinajstić information content (AvgIpc) is 2.38. The maximum Gasteiger partial charge on any atom is 0.145 e. The second kappa shape index (κ2) is 5.79. The van der Waals surface area contributed by atoms with E-state index in [4.69, 9.17) is 5.84 Å². The summed E-state index contributed by atoms with van der Waals surface area (Å²) in [4.78, 5) is 10.5. The van der Waals surface area contributed by atoms with Crippen LogP contribution in [-0.4, -0.2) is 41.5 Å². The van der Waals surface area contributed by atoms with Gasteiger partial charge in [-0.15, -0.1) is 0 Å². The van der Waals surface area contributed by atoms with Gasteiger partial charge in [0.05, 0.1) is 0 Å². The largest absolute Gasteiger partial charge is 0.370 e. The van der Waals surface area contributed by atoms with Crippen LogP contribution in [-0.2, 0) is 0 Å². The molecular weight excluding hydrogens is 216 g/mol. The summed E-state index contributed by atoms with van der Waals surface area (Å²) in [6.45, 7) is 3.34. The Kier molecular flexibility index (Phi) is 4.11. The van der Waals surface area contributed by atoms with Crippen molar-refractivity contribution in [3.63, 3.8) is 0 Å². The van der Waals surface area contributed by atoms with E-state index in [9.17, 15) is 0 Å².